The number of piperidine rings is 1. The van der Waals surface area contributed by atoms with Crippen molar-refractivity contribution in [3.63, 3.8) is 0 Å². The highest BCUT2D eigenvalue weighted by Crippen LogP contribution is 2.39. The Labute approximate surface area is 171 Å². The maximum absolute atomic E-state index is 13.3. The smallest absolute Gasteiger partial charge is 0.408 e. The van der Waals surface area contributed by atoms with Gasteiger partial charge in [-0.25, -0.2) is 23.2 Å². The first-order valence-electron chi connectivity index (χ1n) is 9.13. The van der Waals surface area contributed by atoms with E-state index in [4.69, 9.17) is 4.42 Å². The van der Waals surface area contributed by atoms with Gasteiger partial charge >= 0.3 is 5.76 Å². The Balaban J connectivity index is 1.42. The fourth-order valence-corrected chi connectivity index (χ4v) is 6.34. The second kappa shape index (κ2) is 6.57. The molecule has 0 spiro atoms. The van der Waals surface area contributed by atoms with Gasteiger partial charge in [0.05, 0.1) is 10.4 Å². The maximum atomic E-state index is 13.3. The summed E-state index contributed by atoms with van der Waals surface area (Å²) in [7, 11) is -2.11. The molecule has 6 rings (SSSR count). The first kappa shape index (κ1) is 18.6. The Morgan fingerprint density at radius 2 is 1.97 bits per heavy atom. The van der Waals surface area contributed by atoms with Crippen molar-refractivity contribution in [3.8, 4) is 0 Å². The standard InChI is InChI=1S/C18H19N5O4S2/c1-21-14-8-13(3-4-15(14)27-18(21)24)29(25,26)23-11-7-12(23)10-22(9-11)16-5-6-19-17(20-16)28-2/h3-6,8,11-12H,7,9-10H2,1-2H3. The fourth-order valence-electron chi connectivity index (χ4n) is 4.15. The number of thioether (sulfide) groups is 1. The molecular formula is C18H19N5O4S2. The van der Waals surface area contributed by atoms with Gasteiger partial charge in [-0.15, -0.1) is 0 Å². The Bertz CT molecular complexity index is 1260. The van der Waals surface area contributed by atoms with E-state index in [1.54, 1.807) is 17.5 Å². The Morgan fingerprint density at radius 1 is 1.21 bits per heavy atom. The summed E-state index contributed by atoms with van der Waals surface area (Å²) in [6.07, 6.45) is 4.49. The van der Waals surface area contributed by atoms with E-state index in [9.17, 15) is 13.2 Å². The van der Waals surface area contributed by atoms with E-state index in [2.05, 4.69) is 14.9 Å². The largest absolute Gasteiger partial charge is 0.419 e. The molecule has 3 aromatic rings. The summed E-state index contributed by atoms with van der Waals surface area (Å²) in [4.78, 5) is 22.7. The van der Waals surface area contributed by atoms with Crippen LogP contribution < -0.4 is 10.7 Å². The van der Waals surface area contributed by atoms with Crippen LogP contribution in [0, 0.1) is 0 Å². The van der Waals surface area contributed by atoms with Gasteiger partial charge in [-0.3, -0.25) is 4.57 Å². The van der Waals surface area contributed by atoms with Crippen molar-refractivity contribution in [1.29, 1.82) is 0 Å². The molecular weight excluding hydrogens is 414 g/mol. The van der Waals surface area contributed by atoms with Crippen molar-refractivity contribution in [1.82, 2.24) is 18.8 Å². The molecule has 3 fully saturated rings. The molecule has 0 saturated carbocycles. The molecule has 0 N–H and O–H groups in total. The number of hydrogen-bond donors (Lipinski definition) is 0. The van der Waals surface area contributed by atoms with Crippen molar-refractivity contribution in [2.45, 2.75) is 28.6 Å². The number of hydrogen-bond acceptors (Lipinski definition) is 8. The summed E-state index contributed by atoms with van der Waals surface area (Å²) in [5.74, 6) is 0.311. The van der Waals surface area contributed by atoms with E-state index in [-0.39, 0.29) is 17.0 Å². The minimum absolute atomic E-state index is 0.102. The van der Waals surface area contributed by atoms with Crippen LogP contribution in [0.4, 0.5) is 5.82 Å². The molecule has 9 nitrogen and oxygen atoms in total. The van der Waals surface area contributed by atoms with Crippen LogP contribution in [-0.2, 0) is 17.1 Å². The van der Waals surface area contributed by atoms with E-state index in [1.165, 1.54) is 34.5 Å². The predicted molar refractivity (Wildman–Crippen MR) is 109 cm³/mol. The highest BCUT2D eigenvalue weighted by Gasteiger charge is 2.51. The number of aryl methyl sites for hydroxylation is 1. The van der Waals surface area contributed by atoms with E-state index < -0.39 is 15.8 Å². The van der Waals surface area contributed by atoms with Crippen LogP contribution >= 0.6 is 11.8 Å². The molecule has 2 atom stereocenters. The number of rotatable bonds is 4. The van der Waals surface area contributed by atoms with Gasteiger partial charge in [0.15, 0.2) is 10.7 Å². The number of piperazine rings is 1. The van der Waals surface area contributed by atoms with Crippen LogP contribution in [0.25, 0.3) is 11.1 Å². The third kappa shape index (κ3) is 2.87. The topological polar surface area (TPSA) is 102 Å². The van der Waals surface area contributed by atoms with E-state index in [0.717, 1.165) is 12.2 Å². The zero-order chi connectivity index (χ0) is 20.3. The van der Waals surface area contributed by atoms with Crippen molar-refractivity contribution in [2.75, 3.05) is 24.2 Å². The first-order valence-corrected chi connectivity index (χ1v) is 11.8. The third-order valence-corrected chi connectivity index (χ3v) is 8.15. The molecule has 0 radical (unpaired) electrons. The number of anilines is 1. The number of fused-ring (bicyclic) bond motifs is 3. The molecule has 1 aromatic carbocycles. The van der Waals surface area contributed by atoms with Crippen molar-refractivity contribution < 1.29 is 12.8 Å². The Morgan fingerprint density at radius 3 is 2.69 bits per heavy atom. The van der Waals surface area contributed by atoms with Crippen LogP contribution in [-0.4, -0.2) is 58.7 Å². The third-order valence-electron chi connectivity index (χ3n) is 5.59. The summed E-state index contributed by atoms with van der Waals surface area (Å²) in [5.41, 5.74) is 0.841. The average molecular weight is 434 g/mol. The lowest BCUT2D eigenvalue weighted by molar-refractivity contribution is 0.0874. The quantitative estimate of drug-likeness (QED) is 0.448. The van der Waals surface area contributed by atoms with Crippen molar-refractivity contribution in [2.24, 2.45) is 7.05 Å². The number of aromatic nitrogens is 3. The molecule has 2 bridgehead atoms. The van der Waals surface area contributed by atoms with Gasteiger partial charge in [-0.1, -0.05) is 11.8 Å². The molecule has 0 aliphatic carbocycles. The lowest BCUT2D eigenvalue weighted by Crippen LogP contribution is -2.70. The van der Waals surface area contributed by atoms with Gasteiger partial charge in [0.25, 0.3) is 0 Å². The second-order valence-electron chi connectivity index (χ2n) is 7.24. The minimum Gasteiger partial charge on any atom is -0.408 e. The number of sulfonamides is 1. The summed E-state index contributed by atoms with van der Waals surface area (Å²) < 4.78 is 34.6. The first-order chi connectivity index (χ1) is 13.9. The van der Waals surface area contributed by atoms with Gasteiger partial charge in [0.2, 0.25) is 10.0 Å². The molecule has 152 valence electrons. The average Bonchev–Trinajstić information content (AvgIpc) is 3.01. The summed E-state index contributed by atoms with van der Waals surface area (Å²) in [6.45, 7) is 1.18. The summed E-state index contributed by atoms with van der Waals surface area (Å²) in [5, 5.41) is 0.699. The molecule has 3 aliphatic rings. The number of benzene rings is 1. The molecule has 2 unspecified atom stereocenters. The lowest BCUT2D eigenvalue weighted by Gasteiger charge is -2.55. The minimum atomic E-state index is -3.67. The molecule has 29 heavy (non-hydrogen) atoms. The van der Waals surface area contributed by atoms with E-state index in [1.807, 2.05) is 12.3 Å². The predicted octanol–water partition coefficient (Wildman–Crippen LogP) is 1.30. The molecule has 2 aromatic heterocycles. The molecule has 5 heterocycles. The van der Waals surface area contributed by atoms with Crippen molar-refractivity contribution in [3.05, 3.63) is 41.0 Å². The SMILES string of the molecule is CSc1nccc(N2CC3CC(C2)N3S(=O)(=O)c2ccc3oc(=O)n(C)c3c2)n1. The molecule has 11 heteroatoms. The Kier molecular flexibility index (Phi) is 4.23. The van der Waals surface area contributed by atoms with Crippen LogP contribution in [0.5, 0.6) is 0 Å². The molecule has 0 amide bonds. The zero-order valence-electron chi connectivity index (χ0n) is 15.8. The van der Waals surface area contributed by atoms with Crippen LogP contribution in [0.2, 0.25) is 0 Å². The van der Waals surface area contributed by atoms with Gasteiger partial charge in [0.1, 0.15) is 5.82 Å². The summed E-state index contributed by atoms with van der Waals surface area (Å²) >= 11 is 1.48. The maximum Gasteiger partial charge on any atom is 0.419 e. The summed E-state index contributed by atoms with van der Waals surface area (Å²) in [6, 6.07) is 6.20. The van der Waals surface area contributed by atoms with Crippen LogP contribution in [0.15, 0.2) is 49.7 Å². The van der Waals surface area contributed by atoms with Crippen LogP contribution in [0.3, 0.4) is 0 Å². The number of nitrogens with zero attached hydrogens (tertiary/aromatic N) is 5. The monoisotopic (exact) mass is 433 g/mol. The highest BCUT2D eigenvalue weighted by atomic mass is 32.2. The Hall–Kier alpha value is -2.37. The number of oxazole rings is 1. The zero-order valence-corrected chi connectivity index (χ0v) is 17.5. The van der Waals surface area contributed by atoms with E-state index >= 15 is 0 Å². The fraction of sp³-hybridized carbons (Fsp3) is 0.389. The van der Waals surface area contributed by atoms with Gasteiger partial charge in [-0.05, 0) is 36.9 Å². The van der Waals surface area contributed by atoms with Gasteiger partial charge in [-0.2, -0.15) is 4.31 Å². The lowest BCUT2D eigenvalue weighted by atomic mass is 9.91. The van der Waals surface area contributed by atoms with Gasteiger partial charge in [0, 0.05) is 38.4 Å². The second-order valence-corrected chi connectivity index (χ2v) is 9.86. The molecule has 3 saturated heterocycles. The normalized spacial score (nSPS) is 22.1. The highest BCUT2D eigenvalue weighted by molar-refractivity contribution is 7.98. The van der Waals surface area contributed by atoms with Gasteiger partial charge < -0.3 is 9.32 Å². The van der Waals surface area contributed by atoms with Crippen LogP contribution in [0.1, 0.15) is 6.42 Å². The molecule has 3 aliphatic heterocycles. The van der Waals surface area contributed by atoms with E-state index in [0.29, 0.717) is 29.3 Å². The van der Waals surface area contributed by atoms with Crippen molar-refractivity contribution >= 4 is 38.7 Å².